The molecule has 0 fully saturated rings. The summed E-state index contributed by atoms with van der Waals surface area (Å²) < 4.78 is 0. The number of aryl methyl sites for hydroxylation is 2. The van der Waals surface area contributed by atoms with Crippen LogP contribution in [0.25, 0.3) is 0 Å². The third-order valence-corrected chi connectivity index (χ3v) is 3.96. The molecule has 0 bridgehead atoms. The maximum absolute atomic E-state index is 3.48. The second kappa shape index (κ2) is 9.19. The number of hydrogen-bond acceptors (Lipinski definition) is 3. The molecule has 0 saturated heterocycles. The van der Waals surface area contributed by atoms with Crippen molar-refractivity contribution in [3.05, 3.63) is 34.9 Å². The van der Waals surface area contributed by atoms with E-state index in [9.17, 15) is 0 Å². The molecule has 1 rings (SSSR count). The van der Waals surface area contributed by atoms with Crippen LogP contribution in [0.5, 0.6) is 0 Å². The largest absolute Gasteiger partial charge is 0.312 e. The highest BCUT2D eigenvalue weighted by Crippen LogP contribution is 2.18. The van der Waals surface area contributed by atoms with Gasteiger partial charge in [-0.2, -0.15) is 0 Å². The van der Waals surface area contributed by atoms with Crippen molar-refractivity contribution in [1.82, 2.24) is 15.1 Å². The minimum atomic E-state index is 0.405. The van der Waals surface area contributed by atoms with Gasteiger partial charge in [0.15, 0.2) is 0 Å². The van der Waals surface area contributed by atoms with Crippen molar-refractivity contribution in [3.63, 3.8) is 0 Å². The summed E-state index contributed by atoms with van der Waals surface area (Å²) in [5, 5.41) is 3.48. The molecular formula is C18H33N3. The predicted octanol–water partition coefficient (Wildman–Crippen LogP) is 2.84. The van der Waals surface area contributed by atoms with Gasteiger partial charge in [0, 0.05) is 12.6 Å². The predicted molar refractivity (Wildman–Crippen MR) is 93.0 cm³/mol. The number of likely N-dealkylation sites (N-methyl/N-ethyl adjacent to an activating group) is 2. The Hall–Kier alpha value is -0.900. The lowest BCUT2D eigenvalue weighted by molar-refractivity contribution is 0.243. The molecule has 1 unspecified atom stereocenters. The standard InChI is InChI=1S/C18H33N3/c1-7-21(10-8-9-20(5)6)14-18(19-4)17-12-15(2)11-16(3)13-17/h11-13,18-19H,7-10,14H2,1-6H3. The minimum absolute atomic E-state index is 0.405. The van der Waals surface area contributed by atoms with E-state index in [1.165, 1.54) is 23.1 Å². The van der Waals surface area contributed by atoms with Crippen LogP contribution in [0.2, 0.25) is 0 Å². The highest BCUT2D eigenvalue weighted by molar-refractivity contribution is 5.30. The van der Waals surface area contributed by atoms with Gasteiger partial charge in [-0.3, -0.25) is 0 Å². The van der Waals surface area contributed by atoms with Gasteiger partial charge in [-0.15, -0.1) is 0 Å². The fourth-order valence-electron chi connectivity index (χ4n) is 2.82. The molecule has 1 aromatic rings. The summed E-state index contributed by atoms with van der Waals surface area (Å²) in [6.07, 6.45) is 1.23. The molecule has 0 saturated carbocycles. The highest BCUT2D eigenvalue weighted by Gasteiger charge is 2.14. The smallest absolute Gasteiger partial charge is 0.0447 e. The zero-order valence-electron chi connectivity index (χ0n) is 14.7. The molecule has 3 nitrogen and oxygen atoms in total. The van der Waals surface area contributed by atoms with E-state index in [2.05, 4.69) is 75.2 Å². The maximum Gasteiger partial charge on any atom is 0.0447 e. The first-order chi connectivity index (χ1) is 9.96. The van der Waals surface area contributed by atoms with Crippen LogP contribution in [-0.2, 0) is 0 Å². The van der Waals surface area contributed by atoms with Crippen molar-refractivity contribution >= 4 is 0 Å². The van der Waals surface area contributed by atoms with E-state index < -0.39 is 0 Å². The molecule has 0 amide bonds. The van der Waals surface area contributed by atoms with Gasteiger partial charge in [-0.05, 0) is 66.6 Å². The first-order valence-corrected chi connectivity index (χ1v) is 8.08. The number of hydrogen-bond donors (Lipinski definition) is 1. The van der Waals surface area contributed by atoms with Gasteiger partial charge in [0.05, 0.1) is 0 Å². The van der Waals surface area contributed by atoms with Crippen LogP contribution < -0.4 is 5.32 Å². The molecule has 0 aliphatic carbocycles. The summed E-state index contributed by atoms with van der Waals surface area (Å²) in [5.74, 6) is 0. The number of benzene rings is 1. The summed E-state index contributed by atoms with van der Waals surface area (Å²) in [7, 11) is 6.35. The van der Waals surface area contributed by atoms with E-state index in [1.54, 1.807) is 0 Å². The van der Waals surface area contributed by atoms with Gasteiger partial charge in [-0.25, -0.2) is 0 Å². The topological polar surface area (TPSA) is 18.5 Å². The third kappa shape index (κ3) is 6.60. The van der Waals surface area contributed by atoms with Crippen molar-refractivity contribution in [1.29, 1.82) is 0 Å². The maximum atomic E-state index is 3.48. The van der Waals surface area contributed by atoms with Gasteiger partial charge in [0.1, 0.15) is 0 Å². The average molecular weight is 291 g/mol. The number of nitrogens with zero attached hydrogens (tertiary/aromatic N) is 2. The van der Waals surface area contributed by atoms with Crippen LogP contribution in [0, 0.1) is 13.8 Å². The first-order valence-electron chi connectivity index (χ1n) is 8.08. The van der Waals surface area contributed by atoms with Crippen LogP contribution in [-0.4, -0.2) is 57.1 Å². The van der Waals surface area contributed by atoms with E-state index in [4.69, 9.17) is 0 Å². The molecule has 0 heterocycles. The van der Waals surface area contributed by atoms with Crippen LogP contribution >= 0.6 is 0 Å². The van der Waals surface area contributed by atoms with Gasteiger partial charge < -0.3 is 15.1 Å². The van der Waals surface area contributed by atoms with Gasteiger partial charge in [0.2, 0.25) is 0 Å². The molecule has 0 aliphatic heterocycles. The van der Waals surface area contributed by atoms with Crippen molar-refractivity contribution in [2.24, 2.45) is 0 Å². The van der Waals surface area contributed by atoms with E-state index in [0.717, 1.165) is 26.2 Å². The molecule has 0 aromatic heterocycles. The average Bonchev–Trinajstić information content (AvgIpc) is 2.41. The lowest BCUT2D eigenvalue weighted by atomic mass is 10.0. The normalized spacial score (nSPS) is 13.1. The van der Waals surface area contributed by atoms with Gasteiger partial charge >= 0.3 is 0 Å². The van der Waals surface area contributed by atoms with Gasteiger partial charge in [-0.1, -0.05) is 36.2 Å². The van der Waals surface area contributed by atoms with Crippen LogP contribution in [0.4, 0.5) is 0 Å². The fraction of sp³-hybridized carbons (Fsp3) is 0.667. The van der Waals surface area contributed by atoms with Gasteiger partial charge in [0.25, 0.3) is 0 Å². The Morgan fingerprint density at radius 1 is 1.05 bits per heavy atom. The van der Waals surface area contributed by atoms with Crippen LogP contribution in [0.15, 0.2) is 18.2 Å². The summed E-state index contributed by atoms with van der Waals surface area (Å²) in [6.45, 7) is 11.1. The van der Waals surface area contributed by atoms with E-state index in [-0.39, 0.29) is 0 Å². The molecule has 120 valence electrons. The lowest BCUT2D eigenvalue weighted by Crippen LogP contribution is -2.35. The van der Waals surface area contributed by atoms with E-state index in [1.807, 2.05) is 0 Å². The zero-order chi connectivity index (χ0) is 15.8. The van der Waals surface area contributed by atoms with Crippen molar-refractivity contribution < 1.29 is 0 Å². The van der Waals surface area contributed by atoms with Crippen LogP contribution in [0.3, 0.4) is 0 Å². The fourth-order valence-corrected chi connectivity index (χ4v) is 2.82. The van der Waals surface area contributed by atoms with E-state index >= 15 is 0 Å². The Kier molecular flexibility index (Phi) is 7.94. The molecule has 1 atom stereocenters. The molecule has 3 heteroatoms. The summed E-state index contributed by atoms with van der Waals surface area (Å²) >= 11 is 0. The van der Waals surface area contributed by atoms with E-state index in [0.29, 0.717) is 6.04 Å². The second-order valence-corrected chi connectivity index (χ2v) is 6.31. The number of rotatable bonds is 9. The first kappa shape index (κ1) is 18.1. The SMILES string of the molecule is CCN(CCCN(C)C)CC(NC)c1cc(C)cc(C)c1. The molecule has 21 heavy (non-hydrogen) atoms. The monoisotopic (exact) mass is 291 g/mol. The minimum Gasteiger partial charge on any atom is -0.312 e. The summed E-state index contributed by atoms with van der Waals surface area (Å²) in [5.41, 5.74) is 4.10. The zero-order valence-corrected chi connectivity index (χ0v) is 14.7. The Balaban J connectivity index is 2.65. The van der Waals surface area contributed by atoms with Crippen molar-refractivity contribution in [3.8, 4) is 0 Å². The Labute approximate surface area is 131 Å². The second-order valence-electron chi connectivity index (χ2n) is 6.31. The van der Waals surface area contributed by atoms with Crippen molar-refractivity contribution in [2.45, 2.75) is 33.2 Å². The lowest BCUT2D eigenvalue weighted by Gasteiger charge is -2.27. The molecule has 1 aromatic carbocycles. The molecular weight excluding hydrogens is 258 g/mol. The Morgan fingerprint density at radius 3 is 2.14 bits per heavy atom. The molecule has 0 radical (unpaired) electrons. The molecule has 1 N–H and O–H groups in total. The quantitative estimate of drug-likeness (QED) is 0.755. The third-order valence-electron chi connectivity index (χ3n) is 3.96. The van der Waals surface area contributed by atoms with Crippen LogP contribution in [0.1, 0.15) is 36.1 Å². The number of nitrogens with one attached hydrogen (secondary N) is 1. The highest BCUT2D eigenvalue weighted by atomic mass is 15.1. The summed E-state index contributed by atoms with van der Waals surface area (Å²) in [4.78, 5) is 4.80. The molecule has 0 spiro atoms. The Bertz CT molecular complexity index is 395. The molecule has 0 aliphatic rings. The Morgan fingerprint density at radius 2 is 1.67 bits per heavy atom. The summed E-state index contributed by atoms with van der Waals surface area (Å²) in [6, 6.07) is 7.26. The van der Waals surface area contributed by atoms with Crippen molar-refractivity contribution in [2.75, 3.05) is 47.3 Å².